The van der Waals surface area contributed by atoms with E-state index in [0.29, 0.717) is 10.5 Å². The van der Waals surface area contributed by atoms with Crippen molar-refractivity contribution in [2.24, 2.45) is 0 Å². The molecule has 0 fully saturated rings. The van der Waals surface area contributed by atoms with Gasteiger partial charge in [-0.25, -0.2) is 0 Å². The third-order valence-corrected chi connectivity index (χ3v) is 1.16. The van der Waals surface area contributed by atoms with Crippen molar-refractivity contribution in [1.29, 1.82) is 0 Å². The van der Waals surface area contributed by atoms with Crippen molar-refractivity contribution < 1.29 is 9.43 Å². The van der Waals surface area contributed by atoms with Gasteiger partial charge in [-0.15, -0.1) is 0 Å². The molecule has 0 unspecified atom stereocenters. The van der Waals surface area contributed by atoms with Crippen LogP contribution in [-0.2, 0) is 0 Å². The maximum absolute atomic E-state index is 10.4. The van der Waals surface area contributed by atoms with Crippen molar-refractivity contribution in [3.05, 3.63) is 23.7 Å². The number of H-pyrrole nitrogens is 1. The second-order valence-electron chi connectivity index (χ2n) is 1.76. The van der Waals surface area contributed by atoms with E-state index in [0.717, 1.165) is 5.52 Å². The minimum absolute atomic E-state index is 0.418. The molecule has 46 valence electrons. The highest BCUT2D eigenvalue weighted by molar-refractivity contribution is 5.70. The predicted molar refractivity (Wildman–Crippen MR) is 29.5 cm³/mol. The van der Waals surface area contributed by atoms with Crippen molar-refractivity contribution in [2.45, 2.75) is 0 Å². The first-order valence-electron chi connectivity index (χ1n) is 2.53. The third-order valence-electron chi connectivity index (χ3n) is 1.16. The van der Waals surface area contributed by atoms with Crippen LogP contribution in [0.25, 0.3) is 11.1 Å². The van der Waals surface area contributed by atoms with Gasteiger partial charge in [0.1, 0.15) is 11.1 Å². The van der Waals surface area contributed by atoms with Crippen molar-refractivity contribution in [3.63, 3.8) is 0 Å². The lowest BCUT2D eigenvalue weighted by atomic mass is 10.5. The minimum Gasteiger partial charge on any atom is -0.365 e. The fourth-order valence-electron chi connectivity index (χ4n) is 0.777. The van der Waals surface area contributed by atoms with Crippen LogP contribution in [0.3, 0.4) is 0 Å². The Balaban J connectivity index is 2.92. The van der Waals surface area contributed by atoms with Crippen molar-refractivity contribution in [3.8, 4) is 0 Å². The number of hydrogen-bond donors (Lipinski definition) is 1. The van der Waals surface area contributed by atoms with Gasteiger partial charge in [0.25, 0.3) is 6.20 Å². The van der Waals surface area contributed by atoms with E-state index < -0.39 is 0 Å². The predicted octanol–water partition coefficient (Wildman–Crippen LogP) is 0.394. The summed E-state index contributed by atoms with van der Waals surface area (Å²) in [5, 5.41) is 10.4. The van der Waals surface area contributed by atoms with Crippen LogP contribution in [0.5, 0.6) is 0 Å². The highest BCUT2D eigenvalue weighted by atomic mass is 16.7. The molecule has 0 aliphatic rings. The Bertz CT molecular complexity index is 294. The summed E-state index contributed by atoms with van der Waals surface area (Å²) < 4.78 is 4.64. The van der Waals surface area contributed by atoms with Gasteiger partial charge in [0, 0.05) is 11.1 Å². The minimum atomic E-state index is 0.418. The molecule has 2 rings (SSSR count). The highest BCUT2D eigenvalue weighted by Gasteiger charge is 1.99. The number of aromatic amines is 1. The molecule has 2 aromatic rings. The second-order valence-corrected chi connectivity index (χ2v) is 1.76. The lowest BCUT2D eigenvalue weighted by molar-refractivity contribution is -0.788. The topological polar surface area (TPSA) is 55.9 Å². The second kappa shape index (κ2) is 1.28. The van der Waals surface area contributed by atoms with Crippen LogP contribution in [0.4, 0.5) is 0 Å². The molecule has 0 spiro atoms. The zero-order chi connectivity index (χ0) is 6.27. The summed E-state index contributed by atoms with van der Waals surface area (Å²) in [6.45, 7) is 0. The Morgan fingerprint density at radius 1 is 1.67 bits per heavy atom. The molecule has 2 heterocycles. The van der Waals surface area contributed by atoms with Crippen molar-refractivity contribution in [2.75, 3.05) is 0 Å². The number of nitrogens with zero attached hydrogens (tertiary/aromatic N) is 1. The third kappa shape index (κ3) is 0.495. The van der Waals surface area contributed by atoms with E-state index in [1.54, 1.807) is 12.3 Å². The highest BCUT2D eigenvalue weighted by Crippen LogP contribution is 2.06. The van der Waals surface area contributed by atoms with Gasteiger partial charge in [-0.1, -0.05) is 0 Å². The van der Waals surface area contributed by atoms with E-state index in [4.69, 9.17) is 0 Å². The van der Waals surface area contributed by atoms with Crippen LogP contribution in [0.15, 0.2) is 23.0 Å². The van der Waals surface area contributed by atoms with E-state index in [-0.39, 0.29) is 0 Å². The van der Waals surface area contributed by atoms with Gasteiger partial charge in [-0.2, -0.15) is 0 Å². The molecule has 4 nitrogen and oxygen atoms in total. The fraction of sp³-hybridized carbons (Fsp3) is 0. The van der Waals surface area contributed by atoms with Gasteiger partial charge >= 0.3 is 0 Å². The van der Waals surface area contributed by atoms with Crippen molar-refractivity contribution >= 4 is 11.1 Å². The molecule has 0 aromatic carbocycles. The Morgan fingerprint density at radius 3 is 3.33 bits per heavy atom. The Labute approximate surface area is 50.2 Å². The van der Waals surface area contributed by atoms with Gasteiger partial charge in [0.15, 0.2) is 0 Å². The van der Waals surface area contributed by atoms with Gasteiger partial charge < -0.3 is 9.51 Å². The quantitative estimate of drug-likeness (QED) is 0.516. The number of nitrogens with one attached hydrogen (secondary N) is 1. The summed E-state index contributed by atoms with van der Waals surface area (Å²) >= 11 is 0. The number of hydrogen-bond acceptors (Lipinski definition) is 2. The maximum Gasteiger partial charge on any atom is 0.258 e. The Kier molecular flexibility index (Phi) is 0.631. The van der Waals surface area contributed by atoms with Gasteiger partial charge in [0.2, 0.25) is 0 Å². The molecular weight excluding hydrogens is 120 g/mol. The summed E-state index contributed by atoms with van der Waals surface area (Å²) in [4.78, 5) is 3.24. The first-order valence-corrected chi connectivity index (χ1v) is 2.53. The molecule has 4 heteroatoms. The van der Waals surface area contributed by atoms with E-state index in [1.807, 2.05) is 0 Å². The van der Waals surface area contributed by atoms with Crippen LogP contribution in [0.1, 0.15) is 0 Å². The van der Waals surface area contributed by atoms with Crippen LogP contribution in [0, 0.1) is 5.21 Å². The molecular formula is C5H4N2O2. The average Bonchev–Trinajstić information content (AvgIpc) is 2.22. The number of fused-ring (bicyclic) bond motifs is 1. The monoisotopic (exact) mass is 124 g/mol. The Morgan fingerprint density at radius 2 is 2.56 bits per heavy atom. The Hall–Kier alpha value is -1.45. The molecule has 0 bridgehead atoms. The first-order chi connectivity index (χ1) is 4.36. The lowest BCUT2D eigenvalue weighted by Gasteiger charge is -1.74. The fourth-order valence-corrected chi connectivity index (χ4v) is 0.777. The van der Waals surface area contributed by atoms with Crippen LogP contribution in [-0.4, -0.2) is 4.98 Å². The summed E-state index contributed by atoms with van der Waals surface area (Å²) in [6.07, 6.45) is 3.06. The summed E-state index contributed by atoms with van der Waals surface area (Å²) in [5.41, 5.74) is 1.31. The normalized spacial score (nSPS) is 10.7. The van der Waals surface area contributed by atoms with Crippen LogP contribution in [0.2, 0.25) is 0 Å². The molecule has 9 heavy (non-hydrogen) atoms. The molecule has 0 radical (unpaired) electrons. The molecule has 1 N–H and O–H groups in total. The van der Waals surface area contributed by atoms with E-state index in [1.165, 1.54) is 6.20 Å². The van der Waals surface area contributed by atoms with E-state index >= 15 is 0 Å². The zero-order valence-electron chi connectivity index (χ0n) is 4.50. The van der Waals surface area contributed by atoms with Crippen LogP contribution < -0.4 is 4.90 Å². The van der Waals surface area contributed by atoms with Gasteiger partial charge in [0.05, 0.1) is 0 Å². The van der Waals surface area contributed by atoms with E-state index in [9.17, 15) is 5.21 Å². The van der Waals surface area contributed by atoms with Crippen molar-refractivity contribution in [1.82, 2.24) is 4.98 Å². The molecule has 2 aromatic heterocycles. The molecule has 0 amide bonds. The lowest BCUT2D eigenvalue weighted by Crippen LogP contribution is -2.20. The zero-order valence-corrected chi connectivity index (χ0v) is 4.50. The SMILES string of the molecule is [O-][n+]1cc2[nH]ccc2o1. The van der Waals surface area contributed by atoms with Gasteiger partial charge in [-0.3, -0.25) is 5.21 Å². The molecule has 0 atom stereocenters. The largest absolute Gasteiger partial charge is 0.365 e. The number of rotatable bonds is 0. The molecule has 0 saturated heterocycles. The van der Waals surface area contributed by atoms with E-state index in [2.05, 4.69) is 9.51 Å². The summed E-state index contributed by atoms with van der Waals surface area (Å²) in [5.74, 6) is 0. The first kappa shape index (κ1) is 4.43. The smallest absolute Gasteiger partial charge is 0.258 e. The number of aromatic nitrogens is 2. The molecule has 0 aliphatic heterocycles. The maximum atomic E-state index is 10.4. The van der Waals surface area contributed by atoms with Crippen LogP contribution >= 0.6 is 0 Å². The molecule has 0 aliphatic carbocycles. The molecule has 0 saturated carbocycles. The average molecular weight is 124 g/mol. The summed E-state index contributed by atoms with van der Waals surface area (Å²) in [7, 11) is 0. The van der Waals surface area contributed by atoms with Gasteiger partial charge in [-0.05, 0) is 6.07 Å². The summed E-state index contributed by atoms with van der Waals surface area (Å²) in [6, 6.07) is 1.70. The standard InChI is InChI=1S/C5H4N2O2/c8-7-3-4-5(9-7)1-2-6-4/h1-3,6H.